The minimum atomic E-state index is 0.0855. The number of amides is 1. The summed E-state index contributed by atoms with van der Waals surface area (Å²) in [6, 6.07) is 9.97. The number of piperidine rings is 1. The lowest BCUT2D eigenvalue weighted by Gasteiger charge is -2.32. The quantitative estimate of drug-likeness (QED) is 0.756. The third-order valence-corrected chi connectivity index (χ3v) is 5.37. The molecular weight excluding hydrogens is 338 g/mol. The van der Waals surface area contributed by atoms with Crippen molar-refractivity contribution in [2.75, 3.05) is 33.7 Å². The average Bonchev–Trinajstić information content (AvgIpc) is 3.32. The molecule has 0 radical (unpaired) electrons. The van der Waals surface area contributed by atoms with E-state index in [1.54, 1.807) is 0 Å². The van der Waals surface area contributed by atoms with E-state index in [9.17, 15) is 4.79 Å². The Kier molecular flexibility index (Phi) is 4.99. The Morgan fingerprint density at radius 3 is 3.00 bits per heavy atom. The summed E-state index contributed by atoms with van der Waals surface area (Å²) in [6.45, 7) is 3.44. The van der Waals surface area contributed by atoms with Gasteiger partial charge in [-0.2, -0.15) is 0 Å². The van der Waals surface area contributed by atoms with Crippen molar-refractivity contribution in [1.82, 2.24) is 24.3 Å². The van der Waals surface area contributed by atoms with Crippen molar-refractivity contribution < 1.29 is 4.79 Å². The molecular formula is C21H27N5O. The van der Waals surface area contributed by atoms with E-state index in [0.717, 1.165) is 55.7 Å². The molecule has 1 saturated heterocycles. The lowest BCUT2D eigenvalue weighted by Crippen LogP contribution is -2.40. The summed E-state index contributed by atoms with van der Waals surface area (Å²) in [4.78, 5) is 25.1. The summed E-state index contributed by atoms with van der Waals surface area (Å²) in [5, 5.41) is 1.08. The van der Waals surface area contributed by atoms with Gasteiger partial charge < -0.3 is 19.4 Å². The van der Waals surface area contributed by atoms with E-state index in [0.29, 0.717) is 11.6 Å². The largest absolute Gasteiger partial charge is 0.351 e. The minimum absolute atomic E-state index is 0.0855. The number of aromatic nitrogens is 3. The van der Waals surface area contributed by atoms with Crippen LogP contribution in [0.5, 0.6) is 0 Å². The fourth-order valence-electron chi connectivity index (χ4n) is 3.91. The highest BCUT2D eigenvalue weighted by Gasteiger charge is 2.28. The number of imidazole rings is 1. The number of carbonyl (C=O) groups is 1. The van der Waals surface area contributed by atoms with Gasteiger partial charge in [-0.3, -0.25) is 4.79 Å². The van der Waals surface area contributed by atoms with Gasteiger partial charge in [-0.25, -0.2) is 4.98 Å². The molecule has 2 aromatic heterocycles. The molecule has 1 atom stereocenters. The molecule has 1 aromatic carbocycles. The monoisotopic (exact) mass is 365 g/mol. The highest BCUT2D eigenvalue weighted by atomic mass is 16.2. The summed E-state index contributed by atoms with van der Waals surface area (Å²) < 4.78 is 2.24. The van der Waals surface area contributed by atoms with Crippen LogP contribution in [0.2, 0.25) is 0 Å². The standard InChI is InChI=1S/C21H27N5O/c1-24(2)12-13-25-11-9-22-20(25)17-7-5-10-26(15-17)21(27)19-14-16-6-3-4-8-18(16)23-19/h3-4,6,8-9,11,14,17,23H,5,7,10,12-13,15H2,1-2H3/t17-/m0/s1. The van der Waals surface area contributed by atoms with Gasteiger partial charge in [-0.15, -0.1) is 0 Å². The lowest BCUT2D eigenvalue weighted by molar-refractivity contribution is 0.0698. The lowest BCUT2D eigenvalue weighted by atomic mass is 9.96. The third-order valence-electron chi connectivity index (χ3n) is 5.37. The molecule has 0 aliphatic carbocycles. The van der Waals surface area contributed by atoms with Crippen molar-refractivity contribution >= 4 is 16.8 Å². The van der Waals surface area contributed by atoms with Crippen molar-refractivity contribution in [3.05, 3.63) is 54.2 Å². The topological polar surface area (TPSA) is 57.2 Å². The van der Waals surface area contributed by atoms with Gasteiger partial charge in [0.15, 0.2) is 0 Å². The number of likely N-dealkylation sites (tertiary alicyclic amines) is 1. The van der Waals surface area contributed by atoms with E-state index >= 15 is 0 Å². The third kappa shape index (κ3) is 3.76. The molecule has 6 nitrogen and oxygen atoms in total. The first-order valence-corrected chi connectivity index (χ1v) is 9.64. The van der Waals surface area contributed by atoms with Gasteiger partial charge in [-0.1, -0.05) is 18.2 Å². The first kappa shape index (κ1) is 17.8. The van der Waals surface area contributed by atoms with Crippen LogP contribution in [-0.4, -0.2) is 64.0 Å². The van der Waals surface area contributed by atoms with Crippen LogP contribution in [0.15, 0.2) is 42.7 Å². The number of H-pyrrole nitrogens is 1. The molecule has 1 aliphatic heterocycles. The zero-order valence-corrected chi connectivity index (χ0v) is 16.1. The first-order chi connectivity index (χ1) is 13.1. The fourth-order valence-corrected chi connectivity index (χ4v) is 3.91. The van der Waals surface area contributed by atoms with Crippen LogP contribution in [0.1, 0.15) is 35.1 Å². The number of aromatic amines is 1. The van der Waals surface area contributed by atoms with E-state index in [-0.39, 0.29) is 5.91 Å². The highest BCUT2D eigenvalue weighted by Crippen LogP contribution is 2.27. The van der Waals surface area contributed by atoms with Crippen molar-refractivity contribution in [2.45, 2.75) is 25.3 Å². The fraction of sp³-hybridized carbons (Fsp3) is 0.429. The van der Waals surface area contributed by atoms with Crippen molar-refractivity contribution in [1.29, 1.82) is 0 Å². The number of carbonyl (C=O) groups excluding carboxylic acids is 1. The molecule has 1 amide bonds. The molecule has 6 heteroatoms. The van der Waals surface area contributed by atoms with E-state index in [2.05, 4.69) is 39.7 Å². The number of benzene rings is 1. The molecule has 142 valence electrons. The summed E-state index contributed by atoms with van der Waals surface area (Å²) in [5.41, 5.74) is 1.68. The van der Waals surface area contributed by atoms with E-state index < -0.39 is 0 Å². The second kappa shape index (κ2) is 7.56. The van der Waals surface area contributed by atoms with Crippen molar-refractivity contribution in [2.24, 2.45) is 0 Å². The molecule has 0 spiro atoms. The van der Waals surface area contributed by atoms with Gasteiger partial charge in [-0.05, 0) is 39.1 Å². The molecule has 0 unspecified atom stereocenters. The Bertz CT molecular complexity index is 892. The van der Waals surface area contributed by atoms with Gasteiger partial charge in [0.05, 0.1) is 0 Å². The highest BCUT2D eigenvalue weighted by molar-refractivity contribution is 5.98. The Balaban J connectivity index is 1.49. The Hall–Kier alpha value is -2.60. The Labute approximate surface area is 159 Å². The maximum absolute atomic E-state index is 13.0. The minimum Gasteiger partial charge on any atom is -0.351 e. The number of hydrogen-bond donors (Lipinski definition) is 1. The average molecular weight is 365 g/mol. The number of nitrogens with zero attached hydrogens (tertiary/aromatic N) is 4. The number of fused-ring (bicyclic) bond motifs is 1. The molecule has 1 N–H and O–H groups in total. The molecule has 1 aliphatic rings. The predicted octanol–water partition coefficient (Wildman–Crippen LogP) is 2.95. The van der Waals surface area contributed by atoms with Crippen LogP contribution in [0.4, 0.5) is 0 Å². The number of para-hydroxylation sites is 1. The van der Waals surface area contributed by atoms with Gasteiger partial charge in [0.25, 0.3) is 5.91 Å². The van der Waals surface area contributed by atoms with Crippen LogP contribution in [0, 0.1) is 0 Å². The molecule has 0 bridgehead atoms. The number of nitrogens with one attached hydrogen (secondary N) is 1. The second-order valence-electron chi connectivity index (χ2n) is 7.64. The van der Waals surface area contributed by atoms with Crippen LogP contribution < -0.4 is 0 Å². The zero-order chi connectivity index (χ0) is 18.8. The van der Waals surface area contributed by atoms with Crippen molar-refractivity contribution in [3.63, 3.8) is 0 Å². The van der Waals surface area contributed by atoms with Gasteiger partial charge in [0.1, 0.15) is 11.5 Å². The summed E-state index contributed by atoms with van der Waals surface area (Å²) >= 11 is 0. The molecule has 27 heavy (non-hydrogen) atoms. The molecule has 3 heterocycles. The Morgan fingerprint density at radius 1 is 1.33 bits per heavy atom. The van der Waals surface area contributed by atoms with Crippen LogP contribution in [-0.2, 0) is 6.54 Å². The Morgan fingerprint density at radius 2 is 2.19 bits per heavy atom. The summed E-state index contributed by atoms with van der Waals surface area (Å²) in [6.07, 6.45) is 6.02. The van der Waals surface area contributed by atoms with E-state index in [1.807, 2.05) is 41.4 Å². The summed E-state index contributed by atoms with van der Waals surface area (Å²) in [7, 11) is 4.16. The SMILES string of the molecule is CN(C)CCn1ccnc1[C@H]1CCCN(C(=O)c2cc3ccccc3[nH]2)C1. The van der Waals surface area contributed by atoms with Gasteiger partial charge >= 0.3 is 0 Å². The van der Waals surface area contributed by atoms with E-state index in [1.165, 1.54) is 0 Å². The van der Waals surface area contributed by atoms with Gasteiger partial charge in [0, 0.05) is 55.4 Å². The predicted molar refractivity (Wildman–Crippen MR) is 107 cm³/mol. The number of rotatable bonds is 5. The smallest absolute Gasteiger partial charge is 0.270 e. The normalized spacial score (nSPS) is 17.7. The van der Waals surface area contributed by atoms with Crippen LogP contribution >= 0.6 is 0 Å². The van der Waals surface area contributed by atoms with Crippen LogP contribution in [0.3, 0.4) is 0 Å². The number of hydrogen-bond acceptors (Lipinski definition) is 3. The van der Waals surface area contributed by atoms with Crippen molar-refractivity contribution in [3.8, 4) is 0 Å². The van der Waals surface area contributed by atoms with Gasteiger partial charge in [0.2, 0.25) is 0 Å². The molecule has 1 fully saturated rings. The maximum atomic E-state index is 13.0. The van der Waals surface area contributed by atoms with Crippen LogP contribution in [0.25, 0.3) is 10.9 Å². The maximum Gasteiger partial charge on any atom is 0.270 e. The molecule has 3 aromatic rings. The second-order valence-corrected chi connectivity index (χ2v) is 7.64. The summed E-state index contributed by atoms with van der Waals surface area (Å²) in [5.74, 6) is 1.48. The molecule has 0 saturated carbocycles. The van der Waals surface area contributed by atoms with E-state index in [4.69, 9.17) is 0 Å². The molecule has 4 rings (SSSR count). The number of likely N-dealkylation sites (N-methyl/N-ethyl adjacent to an activating group) is 1. The first-order valence-electron chi connectivity index (χ1n) is 9.64. The zero-order valence-electron chi connectivity index (χ0n) is 16.1.